The first-order valence-electron chi connectivity index (χ1n) is 8.73. The number of carbonyl (C=O) groups excluding carboxylic acids is 2. The van der Waals surface area contributed by atoms with E-state index in [1.165, 1.54) is 12.3 Å². The summed E-state index contributed by atoms with van der Waals surface area (Å²) in [5.74, 6) is -2.74. The number of nitrogens with one attached hydrogen (secondary N) is 2. The fraction of sp³-hybridized carbons (Fsp3) is 0.0952. The van der Waals surface area contributed by atoms with E-state index in [1.807, 2.05) is 0 Å². The van der Waals surface area contributed by atoms with Crippen molar-refractivity contribution in [1.29, 1.82) is 0 Å². The smallest absolute Gasteiger partial charge is 0.340 e. The van der Waals surface area contributed by atoms with Crippen molar-refractivity contribution in [3.8, 4) is 0 Å². The Hall–Kier alpha value is -3.81. The van der Waals surface area contributed by atoms with E-state index in [-0.39, 0.29) is 12.2 Å². The Balaban J connectivity index is 1.70. The maximum Gasteiger partial charge on any atom is 0.340 e. The molecule has 0 aliphatic carbocycles. The second kappa shape index (κ2) is 8.92. The molecule has 0 aliphatic heterocycles. The van der Waals surface area contributed by atoms with E-state index < -0.39 is 23.5 Å². The summed E-state index contributed by atoms with van der Waals surface area (Å²) < 4.78 is 31.3. The van der Waals surface area contributed by atoms with Crippen LogP contribution < -0.4 is 10.6 Å². The number of esters is 1. The molecular formula is C21H17F2N3O3. The van der Waals surface area contributed by atoms with E-state index in [4.69, 9.17) is 4.74 Å². The van der Waals surface area contributed by atoms with Crippen molar-refractivity contribution in [1.82, 2.24) is 4.98 Å². The number of hydrogen-bond donors (Lipinski definition) is 2. The maximum absolute atomic E-state index is 13.3. The van der Waals surface area contributed by atoms with Gasteiger partial charge in [-0.3, -0.25) is 4.79 Å². The molecule has 0 radical (unpaired) electrons. The minimum atomic E-state index is -1.10. The summed E-state index contributed by atoms with van der Waals surface area (Å²) in [6.45, 7) is 1.99. The van der Waals surface area contributed by atoms with Gasteiger partial charge in [-0.05, 0) is 49.4 Å². The van der Waals surface area contributed by atoms with Gasteiger partial charge >= 0.3 is 5.97 Å². The fourth-order valence-electron chi connectivity index (χ4n) is 2.50. The molecule has 29 heavy (non-hydrogen) atoms. The molecule has 0 aliphatic rings. The van der Waals surface area contributed by atoms with Crippen LogP contribution in [0.5, 0.6) is 0 Å². The summed E-state index contributed by atoms with van der Waals surface area (Å²) in [7, 11) is 0. The van der Waals surface area contributed by atoms with Gasteiger partial charge in [0, 0.05) is 5.56 Å². The second-order valence-electron chi connectivity index (χ2n) is 5.91. The number of anilines is 3. The van der Waals surface area contributed by atoms with Crippen molar-refractivity contribution in [2.24, 2.45) is 0 Å². The molecule has 3 aromatic rings. The number of carbonyl (C=O) groups is 2. The Morgan fingerprint density at radius 3 is 2.52 bits per heavy atom. The van der Waals surface area contributed by atoms with Crippen molar-refractivity contribution < 1.29 is 23.1 Å². The molecule has 0 saturated carbocycles. The van der Waals surface area contributed by atoms with Crippen molar-refractivity contribution >= 4 is 29.1 Å². The summed E-state index contributed by atoms with van der Waals surface area (Å²) in [5.41, 5.74) is 1.24. The molecule has 0 saturated heterocycles. The van der Waals surface area contributed by atoms with Crippen LogP contribution >= 0.6 is 0 Å². The lowest BCUT2D eigenvalue weighted by atomic mass is 10.2. The number of aromatic nitrogens is 1. The number of benzene rings is 2. The van der Waals surface area contributed by atoms with Gasteiger partial charge in [0.25, 0.3) is 5.91 Å². The van der Waals surface area contributed by atoms with Gasteiger partial charge in [-0.1, -0.05) is 12.1 Å². The summed E-state index contributed by atoms with van der Waals surface area (Å²) in [6.07, 6.45) is 1.40. The first kappa shape index (κ1) is 19.9. The van der Waals surface area contributed by atoms with E-state index in [1.54, 1.807) is 43.3 Å². The molecule has 2 N–H and O–H groups in total. The molecule has 0 bridgehead atoms. The Labute approximate surface area is 165 Å². The highest BCUT2D eigenvalue weighted by atomic mass is 19.2. The van der Waals surface area contributed by atoms with Crippen molar-refractivity contribution in [3.05, 3.63) is 83.6 Å². The third kappa shape index (κ3) is 4.92. The minimum Gasteiger partial charge on any atom is -0.462 e. The van der Waals surface area contributed by atoms with E-state index in [0.717, 1.165) is 12.1 Å². The standard InChI is InChI=1S/C21H17F2N3O3/c1-2-29-21(28)15-5-3-4-6-18(15)26-19-10-8-14(12-24-19)25-20(27)13-7-9-16(22)17(23)11-13/h3-12H,2H2,1H3,(H,24,26)(H,25,27). The number of nitrogens with zero attached hydrogens (tertiary/aromatic N) is 1. The van der Waals surface area contributed by atoms with Crippen LogP contribution in [0.1, 0.15) is 27.6 Å². The van der Waals surface area contributed by atoms with Crippen molar-refractivity contribution in [3.63, 3.8) is 0 Å². The quantitative estimate of drug-likeness (QED) is 0.598. The predicted octanol–water partition coefficient (Wildman–Crippen LogP) is 4.53. The number of hydrogen-bond acceptors (Lipinski definition) is 5. The number of rotatable bonds is 6. The van der Waals surface area contributed by atoms with Gasteiger partial charge in [0.15, 0.2) is 11.6 Å². The normalized spacial score (nSPS) is 10.3. The zero-order chi connectivity index (χ0) is 20.8. The zero-order valence-corrected chi connectivity index (χ0v) is 15.4. The van der Waals surface area contributed by atoms with Crippen LogP contribution in [-0.2, 0) is 4.74 Å². The third-order valence-corrected chi connectivity index (χ3v) is 3.89. The van der Waals surface area contributed by atoms with Crippen LogP contribution in [0.15, 0.2) is 60.8 Å². The number of ether oxygens (including phenoxy) is 1. The topological polar surface area (TPSA) is 80.3 Å². The van der Waals surface area contributed by atoms with Gasteiger partial charge in [-0.25, -0.2) is 18.6 Å². The van der Waals surface area contributed by atoms with Gasteiger partial charge in [0.1, 0.15) is 5.82 Å². The van der Waals surface area contributed by atoms with Crippen LogP contribution in [0.2, 0.25) is 0 Å². The molecule has 1 aromatic heterocycles. The molecular weight excluding hydrogens is 380 g/mol. The molecule has 2 aromatic carbocycles. The van der Waals surface area contributed by atoms with E-state index in [0.29, 0.717) is 22.8 Å². The maximum atomic E-state index is 13.3. The van der Waals surface area contributed by atoms with Crippen molar-refractivity contribution in [2.75, 3.05) is 17.2 Å². The van der Waals surface area contributed by atoms with Crippen LogP contribution in [0, 0.1) is 11.6 Å². The number of pyridine rings is 1. The molecule has 0 unspecified atom stereocenters. The lowest BCUT2D eigenvalue weighted by Crippen LogP contribution is -2.12. The van der Waals surface area contributed by atoms with E-state index >= 15 is 0 Å². The van der Waals surface area contributed by atoms with Gasteiger partial charge in [-0.15, -0.1) is 0 Å². The second-order valence-corrected chi connectivity index (χ2v) is 5.91. The molecule has 8 heteroatoms. The fourth-order valence-corrected chi connectivity index (χ4v) is 2.50. The Kier molecular flexibility index (Phi) is 6.13. The molecule has 0 atom stereocenters. The van der Waals surface area contributed by atoms with E-state index in [9.17, 15) is 18.4 Å². The largest absolute Gasteiger partial charge is 0.462 e. The summed E-state index contributed by atoms with van der Waals surface area (Å²) in [4.78, 5) is 28.4. The SMILES string of the molecule is CCOC(=O)c1ccccc1Nc1ccc(NC(=O)c2ccc(F)c(F)c2)cn1. The Morgan fingerprint density at radius 2 is 1.83 bits per heavy atom. The molecule has 0 fully saturated rings. The molecule has 148 valence electrons. The third-order valence-electron chi connectivity index (χ3n) is 3.89. The highest BCUT2D eigenvalue weighted by molar-refractivity contribution is 6.04. The minimum absolute atomic E-state index is 0.0190. The molecule has 3 rings (SSSR count). The molecule has 1 amide bonds. The molecule has 0 spiro atoms. The number of para-hydroxylation sites is 1. The van der Waals surface area contributed by atoms with Crippen LogP contribution in [-0.4, -0.2) is 23.5 Å². The van der Waals surface area contributed by atoms with Crippen LogP contribution in [0.4, 0.5) is 26.0 Å². The lowest BCUT2D eigenvalue weighted by Gasteiger charge is -2.11. The number of halogens is 2. The predicted molar refractivity (Wildman–Crippen MR) is 104 cm³/mol. The van der Waals surface area contributed by atoms with Crippen LogP contribution in [0.25, 0.3) is 0 Å². The molecule has 1 heterocycles. The van der Waals surface area contributed by atoms with Crippen LogP contribution in [0.3, 0.4) is 0 Å². The Bertz CT molecular complexity index is 1040. The first-order chi connectivity index (χ1) is 14.0. The summed E-state index contributed by atoms with van der Waals surface area (Å²) >= 11 is 0. The van der Waals surface area contributed by atoms with Gasteiger partial charge in [0.05, 0.1) is 29.7 Å². The summed E-state index contributed by atoms with van der Waals surface area (Å²) in [6, 6.07) is 12.9. The van der Waals surface area contributed by atoms with Gasteiger partial charge in [-0.2, -0.15) is 0 Å². The first-order valence-corrected chi connectivity index (χ1v) is 8.73. The van der Waals surface area contributed by atoms with Gasteiger partial charge < -0.3 is 15.4 Å². The number of amides is 1. The average Bonchev–Trinajstić information content (AvgIpc) is 2.72. The highest BCUT2D eigenvalue weighted by Crippen LogP contribution is 2.21. The monoisotopic (exact) mass is 397 g/mol. The highest BCUT2D eigenvalue weighted by Gasteiger charge is 2.13. The van der Waals surface area contributed by atoms with E-state index in [2.05, 4.69) is 15.6 Å². The molecule has 6 nitrogen and oxygen atoms in total. The summed E-state index contributed by atoms with van der Waals surface area (Å²) in [5, 5.41) is 5.57. The lowest BCUT2D eigenvalue weighted by molar-refractivity contribution is 0.0527. The van der Waals surface area contributed by atoms with Gasteiger partial charge in [0.2, 0.25) is 0 Å². The Morgan fingerprint density at radius 1 is 1.03 bits per heavy atom. The zero-order valence-electron chi connectivity index (χ0n) is 15.4. The van der Waals surface area contributed by atoms with Crippen molar-refractivity contribution in [2.45, 2.75) is 6.92 Å². The average molecular weight is 397 g/mol.